The van der Waals surface area contributed by atoms with E-state index in [1.807, 2.05) is 13.8 Å². The van der Waals surface area contributed by atoms with Crippen molar-refractivity contribution in [1.82, 2.24) is 5.32 Å². The normalized spacial score (nSPS) is 12.2. The van der Waals surface area contributed by atoms with Crippen molar-refractivity contribution in [1.29, 1.82) is 0 Å². The van der Waals surface area contributed by atoms with E-state index in [-0.39, 0.29) is 5.91 Å². The molecular formula is C14H20BrNO. The lowest BCUT2D eigenvalue weighted by Gasteiger charge is -2.10. The van der Waals surface area contributed by atoms with Crippen molar-refractivity contribution in [3.63, 3.8) is 0 Å². The predicted molar refractivity (Wildman–Crippen MR) is 75.6 cm³/mol. The van der Waals surface area contributed by atoms with Gasteiger partial charge in [-0.3, -0.25) is 4.79 Å². The SMILES string of the molecule is CCC(Br)CNC(=O)Cc1cc(C)ccc1C. The fraction of sp³-hybridized carbons (Fsp3) is 0.500. The number of halogens is 1. The molecule has 0 saturated heterocycles. The maximum atomic E-state index is 11.8. The van der Waals surface area contributed by atoms with Crippen LogP contribution in [0.2, 0.25) is 0 Å². The molecule has 0 aromatic heterocycles. The first-order valence-electron chi connectivity index (χ1n) is 5.99. The molecule has 1 aromatic rings. The molecule has 0 saturated carbocycles. The van der Waals surface area contributed by atoms with Crippen LogP contribution in [0.15, 0.2) is 18.2 Å². The van der Waals surface area contributed by atoms with E-state index in [4.69, 9.17) is 0 Å². The quantitative estimate of drug-likeness (QED) is 0.831. The van der Waals surface area contributed by atoms with Crippen LogP contribution in [0.4, 0.5) is 0 Å². The zero-order valence-corrected chi connectivity index (χ0v) is 12.3. The Morgan fingerprint density at radius 3 is 2.76 bits per heavy atom. The van der Waals surface area contributed by atoms with Crippen LogP contribution in [-0.2, 0) is 11.2 Å². The highest BCUT2D eigenvalue weighted by molar-refractivity contribution is 9.09. The monoisotopic (exact) mass is 297 g/mol. The highest BCUT2D eigenvalue weighted by atomic mass is 79.9. The third-order valence-corrected chi connectivity index (χ3v) is 3.79. The van der Waals surface area contributed by atoms with Crippen molar-refractivity contribution in [3.8, 4) is 0 Å². The average molecular weight is 298 g/mol. The van der Waals surface area contributed by atoms with Gasteiger partial charge in [-0.2, -0.15) is 0 Å². The van der Waals surface area contributed by atoms with Crippen molar-refractivity contribution >= 4 is 21.8 Å². The lowest BCUT2D eigenvalue weighted by Crippen LogP contribution is -2.30. The van der Waals surface area contributed by atoms with Crippen LogP contribution < -0.4 is 5.32 Å². The van der Waals surface area contributed by atoms with Gasteiger partial charge < -0.3 is 5.32 Å². The van der Waals surface area contributed by atoms with Crippen molar-refractivity contribution < 1.29 is 4.79 Å². The number of amides is 1. The Hall–Kier alpha value is -0.830. The number of hydrogen-bond acceptors (Lipinski definition) is 1. The third-order valence-electron chi connectivity index (χ3n) is 2.82. The van der Waals surface area contributed by atoms with E-state index < -0.39 is 0 Å². The minimum atomic E-state index is 0.0941. The summed E-state index contributed by atoms with van der Waals surface area (Å²) in [5, 5.41) is 2.94. The second-order valence-electron chi connectivity index (χ2n) is 4.42. The van der Waals surface area contributed by atoms with Crippen molar-refractivity contribution in [3.05, 3.63) is 34.9 Å². The van der Waals surface area contributed by atoms with E-state index in [9.17, 15) is 4.79 Å². The summed E-state index contributed by atoms with van der Waals surface area (Å²) in [5.41, 5.74) is 3.49. The fourth-order valence-electron chi connectivity index (χ4n) is 1.60. The van der Waals surface area contributed by atoms with E-state index in [1.54, 1.807) is 0 Å². The van der Waals surface area contributed by atoms with Gasteiger partial charge in [0.1, 0.15) is 0 Å². The van der Waals surface area contributed by atoms with E-state index >= 15 is 0 Å². The summed E-state index contributed by atoms with van der Waals surface area (Å²) >= 11 is 3.50. The molecule has 0 aliphatic heterocycles. The maximum Gasteiger partial charge on any atom is 0.224 e. The van der Waals surface area contributed by atoms with Gasteiger partial charge in [-0.15, -0.1) is 0 Å². The van der Waals surface area contributed by atoms with Gasteiger partial charge in [0.2, 0.25) is 5.91 Å². The molecule has 1 atom stereocenters. The van der Waals surface area contributed by atoms with Gasteiger partial charge >= 0.3 is 0 Å². The predicted octanol–water partition coefficient (Wildman–Crippen LogP) is 3.14. The van der Waals surface area contributed by atoms with Gasteiger partial charge in [-0.1, -0.05) is 46.6 Å². The maximum absolute atomic E-state index is 11.8. The van der Waals surface area contributed by atoms with Crippen LogP contribution >= 0.6 is 15.9 Å². The molecule has 2 nitrogen and oxygen atoms in total. The van der Waals surface area contributed by atoms with Gasteiger partial charge in [0.15, 0.2) is 0 Å². The van der Waals surface area contributed by atoms with Crippen LogP contribution in [0.3, 0.4) is 0 Å². The molecule has 1 unspecified atom stereocenters. The minimum absolute atomic E-state index is 0.0941. The summed E-state index contributed by atoms with van der Waals surface area (Å²) in [6, 6.07) is 6.22. The Morgan fingerprint density at radius 2 is 2.12 bits per heavy atom. The van der Waals surface area contributed by atoms with E-state index in [0.717, 1.165) is 12.0 Å². The number of carbonyl (C=O) groups excluding carboxylic acids is 1. The second kappa shape index (κ2) is 6.80. The summed E-state index contributed by atoms with van der Waals surface area (Å²) in [6.07, 6.45) is 1.49. The minimum Gasteiger partial charge on any atom is -0.355 e. The van der Waals surface area contributed by atoms with E-state index in [0.29, 0.717) is 17.8 Å². The summed E-state index contributed by atoms with van der Waals surface area (Å²) in [7, 11) is 0. The highest BCUT2D eigenvalue weighted by Crippen LogP contribution is 2.11. The van der Waals surface area contributed by atoms with Crippen LogP contribution in [0.25, 0.3) is 0 Å². The lowest BCUT2D eigenvalue weighted by atomic mass is 10.0. The number of alkyl halides is 1. The smallest absolute Gasteiger partial charge is 0.224 e. The first-order valence-corrected chi connectivity index (χ1v) is 6.91. The third kappa shape index (κ3) is 4.90. The van der Waals surface area contributed by atoms with Gasteiger partial charge in [0.05, 0.1) is 6.42 Å². The molecule has 0 aliphatic rings. The number of benzene rings is 1. The van der Waals surface area contributed by atoms with Crippen LogP contribution in [0.1, 0.15) is 30.0 Å². The zero-order chi connectivity index (χ0) is 12.8. The summed E-state index contributed by atoms with van der Waals surface area (Å²) < 4.78 is 0. The second-order valence-corrected chi connectivity index (χ2v) is 5.71. The van der Waals surface area contributed by atoms with Gasteiger partial charge in [0.25, 0.3) is 0 Å². The molecule has 1 rings (SSSR count). The molecule has 0 bridgehead atoms. The molecular weight excluding hydrogens is 278 g/mol. The lowest BCUT2D eigenvalue weighted by molar-refractivity contribution is -0.120. The molecule has 1 amide bonds. The van der Waals surface area contributed by atoms with Crippen molar-refractivity contribution in [2.45, 2.75) is 38.4 Å². The number of rotatable bonds is 5. The fourth-order valence-corrected chi connectivity index (χ4v) is 1.76. The van der Waals surface area contributed by atoms with Crippen LogP contribution in [0.5, 0.6) is 0 Å². The molecule has 1 aromatic carbocycles. The van der Waals surface area contributed by atoms with Gasteiger partial charge in [-0.25, -0.2) is 0 Å². The topological polar surface area (TPSA) is 29.1 Å². The summed E-state index contributed by atoms with van der Waals surface area (Å²) in [4.78, 5) is 12.1. The van der Waals surface area contributed by atoms with Gasteiger partial charge in [-0.05, 0) is 31.4 Å². The van der Waals surface area contributed by atoms with Gasteiger partial charge in [0, 0.05) is 11.4 Å². The average Bonchev–Trinajstić information content (AvgIpc) is 2.30. The number of hydrogen-bond donors (Lipinski definition) is 1. The molecule has 17 heavy (non-hydrogen) atoms. The van der Waals surface area contributed by atoms with Crippen molar-refractivity contribution in [2.24, 2.45) is 0 Å². The molecule has 0 aliphatic carbocycles. The van der Waals surface area contributed by atoms with E-state index in [2.05, 4.69) is 46.4 Å². The van der Waals surface area contributed by atoms with Crippen LogP contribution in [-0.4, -0.2) is 17.3 Å². The molecule has 0 fully saturated rings. The summed E-state index contributed by atoms with van der Waals surface area (Å²) in [6.45, 7) is 6.88. The number of nitrogens with one attached hydrogen (secondary N) is 1. The standard InChI is InChI=1S/C14H20BrNO/c1-4-13(15)9-16-14(17)8-12-7-10(2)5-6-11(12)3/h5-7,13H,4,8-9H2,1-3H3,(H,16,17). The van der Waals surface area contributed by atoms with E-state index in [1.165, 1.54) is 11.1 Å². The van der Waals surface area contributed by atoms with Crippen molar-refractivity contribution in [2.75, 3.05) is 6.54 Å². The Morgan fingerprint density at radius 1 is 1.41 bits per heavy atom. The molecule has 3 heteroatoms. The molecule has 0 spiro atoms. The molecule has 1 N–H and O–H groups in total. The number of carbonyl (C=O) groups is 1. The highest BCUT2D eigenvalue weighted by Gasteiger charge is 2.07. The Kier molecular flexibility index (Phi) is 5.69. The Labute approximate surface area is 112 Å². The molecule has 0 radical (unpaired) electrons. The first kappa shape index (κ1) is 14.2. The van der Waals surface area contributed by atoms with Crippen LogP contribution in [0, 0.1) is 13.8 Å². The summed E-state index contributed by atoms with van der Waals surface area (Å²) in [5.74, 6) is 0.0941. The molecule has 0 heterocycles. The first-order chi connectivity index (χ1) is 8.02. The Bertz CT molecular complexity index is 390. The number of aryl methyl sites for hydroxylation is 2. The largest absolute Gasteiger partial charge is 0.355 e. The zero-order valence-electron chi connectivity index (χ0n) is 10.7. The molecule has 94 valence electrons. The Balaban J connectivity index is 2.53.